The van der Waals surface area contributed by atoms with Gasteiger partial charge in [-0.15, -0.1) is 0 Å². The van der Waals surface area contributed by atoms with Crippen molar-refractivity contribution in [3.63, 3.8) is 0 Å². The minimum Gasteiger partial charge on any atom is -0.382 e. The number of benzene rings is 1. The molecule has 1 heterocycles. The van der Waals surface area contributed by atoms with Crippen LogP contribution in [0, 0.1) is 5.82 Å². The van der Waals surface area contributed by atoms with E-state index in [9.17, 15) is 17.6 Å². The molecule has 1 aliphatic heterocycles. The predicted octanol–water partition coefficient (Wildman–Crippen LogP) is 1.55. The molecule has 2 rings (SSSR count). The van der Waals surface area contributed by atoms with Gasteiger partial charge in [-0.25, -0.2) is 4.39 Å². The molecule has 1 aromatic carbocycles. The van der Waals surface area contributed by atoms with Gasteiger partial charge in [-0.3, -0.25) is 4.79 Å². The third-order valence-electron chi connectivity index (χ3n) is 3.24. The molecule has 0 unspecified atom stereocenters. The van der Waals surface area contributed by atoms with E-state index in [-0.39, 0.29) is 18.2 Å². The molecular formula is C13H16FNO4S. The molecule has 0 radical (unpaired) electrons. The van der Waals surface area contributed by atoms with E-state index in [0.717, 1.165) is 6.07 Å². The summed E-state index contributed by atoms with van der Waals surface area (Å²) in [6.07, 6.45) is 1.04. The van der Waals surface area contributed by atoms with Gasteiger partial charge < -0.3 is 9.08 Å². The maximum absolute atomic E-state index is 13.0. The van der Waals surface area contributed by atoms with Crippen LogP contribution >= 0.6 is 0 Å². The fourth-order valence-corrected chi connectivity index (χ4v) is 3.51. The Morgan fingerprint density at radius 3 is 2.85 bits per heavy atom. The van der Waals surface area contributed by atoms with Gasteiger partial charge in [0.15, 0.2) is 0 Å². The van der Waals surface area contributed by atoms with Gasteiger partial charge in [-0.2, -0.15) is 8.42 Å². The van der Waals surface area contributed by atoms with Crippen LogP contribution in [-0.4, -0.2) is 37.6 Å². The van der Waals surface area contributed by atoms with Crippen LogP contribution in [0.3, 0.4) is 0 Å². The second kappa shape index (κ2) is 5.78. The summed E-state index contributed by atoms with van der Waals surface area (Å²) >= 11 is 0. The second-order valence-corrected chi connectivity index (χ2v) is 6.58. The summed E-state index contributed by atoms with van der Waals surface area (Å²) in [6, 6.07) is 4.98. The fourth-order valence-electron chi connectivity index (χ4n) is 2.18. The van der Waals surface area contributed by atoms with Crippen molar-refractivity contribution in [3.05, 3.63) is 30.1 Å². The predicted molar refractivity (Wildman–Crippen MR) is 71.2 cm³/mol. The van der Waals surface area contributed by atoms with Crippen LogP contribution < -0.4 is 4.18 Å². The number of likely N-dealkylation sites (tertiary alicyclic amines) is 1. The van der Waals surface area contributed by atoms with Crippen LogP contribution in [0.2, 0.25) is 0 Å². The second-order valence-electron chi connectivity index (χ2n) is 4.76. The number of hydrogen-bond acceptors (Lipinski definition) is 4. The Balaban J connectivity index is 2.12. The third-order valence-corrected chi connectivity index (χ3v) is 4.87. The van der Waals surface area contributed by atoms with Crippen LogP contribution in [0.1, 0.15) is 19.8 Å². The first-order valence-corrected chi connectivity index (χ1v) is 7.80. The molecule has 0 saturated carbocycles. The van der Waals surface area contributed by atoms with Crippen molar-refractivity contribution in [2.24, 2.45) is 0 Å². The Bertz CT molecular complexity index is 602. The van der Waals surface area contributed by atoms with E-state index in [1.165, 1.54) is 30.0 Å². The van der Waals surface area contributed by atoms with E-state index in [1.807, 2.05) is 0 Å². The van der Waals surface area contributed by atoms with E-state index in [4.69, 9.17) is 4.18 Å². The lowest BCUT2D eigenvalue weighted by atomic mass is 10.1. The van der Waals surface area contributed by atoms with Crippen molar-refractivity contribution in [2.45, 2.75) is 25.0 Å². The molecule has 1 aromatic rings. The first-order chi connectivity index (χ1) is 9.38. The monoisotopic (exact) mass is 301 g/mol. The Kier molecular flexibility index (Phi) is 4.27. The van der Waals surface area contributed by atoms with Crippen molar-refractivity contribution in [1.82, 2.24) is 4.90 Å². The SMILES string of the molecule is CC(=O)N1CCC[C@@H](S(=O)(=O)Oc2cccc(F)c2)C1. The van der Waals surface area contributed by atoms with Gasteiger partial charge in [-0.1, -0.05) is 6.07 Å². The van der Waals surface area contributed by atoms with Crippen molar-refractivity contribution in [1.29, 1.82) is 0 Å². The molecule has 1 saturated heterocycles. The Morgan fingerprint density at radius 1 is 1.45 bits per heavy atom. The molecule has 0 aliphatic carbocycles. The zero-order chi connectivity index (χ0) is 14.8. The molecule has 1 aliphatic rings. The average Bonchev–Trinajstić information content (AvgIpc) is 2.38. The van der Waals surface area contributed by atoms with Crippen LogP contribution in [0.5, 0.6) is 5.75 Å². The third kappa shape index (κ3) is 3.47. The van der Waals surface area contributed by atoms with Gasteiger partial charge in [0.1, 0.15) is 16.8 Å². The molecule has 1 fully saturated rings. The lowest BCUT2D eigenvalue weighted by Gasteiger charge is -2.31. The first kappa shape index (κ1) is 14.8. The smallest absolute Gasteiger partial charge is 0.313 e. The van der Waals surface area contributed by atoms with E-state index in [0.29, 0.717) is 19.4 Å². The Morgan fingerprint density at radius 2 is 2.20 bits per heavy atom. The molecule has 0 spiro atoms. The number of nitrogens with zero attached hydrogens (tertiary/aromatic N) is 1. The maximum atomic E-state index is 13.0. The molecular weight excluding hydrogens is 285 g/mol. The summed E-state index contributed by atoms with van der Waals surface area (Å²) in [7, 11) is -3.88. The van der Waals surface area contributed by atoms with E-state index >= 15 is 0 Å². The molecule has 1 atom stereocenters. The van der Waals surface area contributed by atoms with Crippen molar-refractivity contribution < 1.29 is 21.8 Å². The highest BCUT2D eigenvalue weighted by Crippen LogP contribution is 2.22. The topological polar surface area (TPSA) is 63.7 Å². The number of rotatable bonds is 3. The van der Waals surface area contributed by atoms with Crippen LogP contribution in [-0.2, 0) is 14.9 Å². The van der Waals surface area contributed by atoms with Gasteiger partial charge in [0, 0.05) is 26.1 Å². The highest BCUT2D eigenvalue weighted by atomic mass is 32.2. The van der Waals surface area contributed by atoms with Crippen LogP contribution in [0.25, 0.3) is 0 Å². The summed E-state index contributed by atoms with van der Waals surface area (Å²) in [5.74, 6) is -0.771. The summed E-state index contributed by atoms with van der Waals surface area (Å²) in [4.78, 5) is 12.8. The number of amides is 1. The van der Waals surface area contributed by atoms with Gasteiger partial charge in [0.05, 0.1) is 0 Å². The highest BCUT2D eigenvalue weighted by Gasteiger charge is 2.33. The van der Waals surface area contributed by atoms with Crippen LogP contribution in [0.15, 0.2) is 24.3 Å². The minimum absolute atomic E-state index is 0.0510. The van der Waals surface area contributed by atoms with Gasteiger partial charge in [-0.05, 0) is 25.0 Å². The summed E-state index contributed by atoms with van der Waals surface area (Å²) in [5.41, 5.74) is 0. The zero-order valence-electron chi connectivity index (χ0n) is 11.1. The van der Waals surface area contributed by atoms with Gasteiger partial charge in [0.2, 0.25) is 5.91 Å². The standard InChI is InChI=1S/C13H16FNO4S/c1-10(16)15-7-3-6-13(9-15)20(17,18)19-12-5-2-4-11(14)8-12/h2,4-5,8,13H,3,6-7,9H2,1H3/t13-/m1/s1. The fraction of sp³-hybridized carbons (Fsp3) is 0.462. The Labute approximate surface area is 117 Å². The summed E-state index contributed by atoms with van der Waals surface area (Å²) in [5, 5.41) is -0.775. The quantitative estimate of drug-likeness (QED) is 0.795. The molecule has 20 heavy (non-hydrogen) atoms. The van der Waals surface area contributed by atoms with Gasteiger partial charge in [0.25, 0.3) is 0 Å². The van der Waals surface area contributed by atoms with E-state index < -0.39 is 21.2 Å². The summed E-state index contributed by atoms with van der Waals surface area (Å²) < 4.78 is 42.3. The number of halogens is 1. The van der Waals surface area contributed by atoms with Gasteiger partial charge >= 0.3 is 10.1 Å². The molecule has 0 aromatic heterocycles. The number of hydrogen-bond donors (Lipinski definition) is 0. The first-order valence-electron chi connectivity index (χ1n) is 6.33. The Hall–Kier alpha value is -1.63. The maximum Gasteiger partial charge on any atom is 0.313 e. The average molecular weight is 301 g/mol. The largest absolute Gasteiger partial charge is 0.382 e. The van der Waals surface area contributed by atoms with E-state index in [2.05, 4.69) is 0 Å². The lowest BCUT2D eigenvalue weighted by Crippen LogP contribution is -2.45. The lowest BCUT2D eigenvalue weighted by molar-refractivity contribution is -0.129. The van der Waals surface area contributed by atoms with Crippen LogP contribution in [0.4, 0.5) is 4.39 Å². The number of carbonyl (C=O) groups excluding carboxylic acids is 1. The number of piperidine rings is 1. The molecule has 0 bridgehead atoms. The highest BCUT2D eigenvalue weighted by molar-refractivity contribution is 7.87. The summed E-state index contributed by atoms with van der Waals surface area (Å²) in [6.45, 7) is 2.08. The zero-order valence-corrected chi connectivity index (χ0v) is 11.9. The number of carbonyl (C=O) groups is 1. The minimum atomic E-state index is -3.88. The van der Waals surface area contributed by atoms with E-state index in [1.54, 1.807) is 0 Å². The van der Waals surface area contributed by atoms with Crippen molar-refractivity contribution >= 4 is 16.0 Å². The molecule has 1 amide bonds. The van der Waals surface area contributed by atoms with Crippen molar-refractivity contribution in [2.75, 3.05) is 13.1 Å². The van der Waals surface area contributed by atoms with Crippen molar-refractivity contribution in [3.8, 4) is 5.75 Å². The normalized spacial score (nSPS) is 19.7. The molecule has 5 nitrogen and oxygen atoms in total. The molecule has 7 heteroatoms. The molecule has 110 valence electrons. The molecule has 0 N–H and O–H groups in total.